The Morgan fingerprint density at radius 1 is 1.44 bits per heavy atom. The van der Waals surface area contributed by atoms with E-state index >= 15 is 0 Å². The summed E-state index contributed by atoms with van der Waals surface area (Å²) >= 11 is 0. The van der Waals surface area contributed by atoms with Crippen molar-refractivity contribution < 1.29 is 9.13 Å². The van der Waals surface area contributed by atoms with Gasteiger partial charge in [0.15, 0.2) is 0 Å². The molecule has 2 nitrogen and oxygen atoms in total. The average molecular weight is 223 g/mol. The lowest BCUT2D eigenvalue weighted by Gasteiger charge is -2.23. The van der Waals surface area contributed by atoms with E-state index < -0.39 is 0 Å². The molecule has 0 spiro atoms. The number of ether oxygens (including phenoxy) is 1. The maximum absolute atomic E-state index is 13.4. The van der Waals surface area contributed by atoms with Gasteiger partial charge in [-0.05, 0) is 32.8 Å². The Morgan fingerprint density at radius 3 is 2.50 bits per heavy atom. The van der Waals surface area contributed by atoms with E-state index in [1.807, 2.05) is 13.0 Å². The first kappa shape index (κ1) is 11.4. The first-order valence-corrected chi connectivity index (χ1v) is 5.62. The lowest BCUT2D eigenvalue weighted by Crippen LogP contribution is -2.32. The molecule has 1 atom stereocenters. The van der Waals surface area contributed by atoms with Crippen molar-refractivity contribution in [3.05, 3.63) is 29.1 Å². The summed E-state index contributed by atoms with van der Waals surface area (Å²) in [6.07, 6.45) is 2.12. The molecule has 1 aromatic rings. The number of benzene rings is 1. The molecule has 3 heteroatoms. The van der Waals surface area contributed by atoms with E-state index in [1.165, 1.54) is 6.07 Å². The van der Waals surface area contributed by atoms with Gasteiger partial charge in [-0.1, -0.05) is 6.07 Å². The van der Waals surface area contributed by atoms with Crippen molar-refractivity contribution in [3.8, 4) is 5.75 Å². The number of methoxy groups -OCH3 is 1. The smallest absolute Gasteiger partial charge is 0.129 e. The third kappa shape index (κ3) is 1.50. The SMILES string of the molecule is COc1c(C2(C(C)N)CC2)ccc(F)c1C. The van der Waals surface area contributed by atoms with Crippen LogP contribution in [0.25, 0.3) is 0 Å². The normalized spacial score (nSPS) is 19.3. The summed E-state index contributed by atoms with van der Waals surface area (Å²) in [5.41, 5.74) is 7.67. The minimum Gasteiger partial charge on any atom is -0.496 e. The largest absolute Gasteiger partial charge is 0.496 e. The molecule has 2 N–H and O–H groups in total. The Balaban J connectivity index is 2.54. The number of rotatable bonds is 3. The Labute approximate surface area is 95.6 Å². The van der Waals surface area contributed by atoms with Gasteiger partial charge < -0.3 is 10.5 Å². The van der Waals surface area contributed by atoms with Crippen LogP contribution in [0.3, 0.4) is 0 Å². The van der Waals surface area contributed by atoms with Crippen LogP contribution in [0.15, 0.2) is 12.1 Å². The summed E-state index contributed by atoms with van der Waals surface area (Å²) in [5, 5.41) is 0. The van der Waals surface area contributed by atoms with E-state index in [0.29, 0.717) is 11.3 Å². The van der Waals surface area contributed by atoms with Gasteiger partial charge in [-0.25, -0.2) is 4.39 Å². The molecule has 0 amide bonds. The van der Waals surface area contributed by atoms with Crippen LogP contribution < -0.4 is 10.5 Å². The molecule has 1 saturated carbocycles. The number of hydrogen-bond acceptors (Lipinski definition) is 2. The molecule has 2 rings (SSSR count). The van der Waals surface area contributed by atoms with Crippen molar-refractivity contribution in [2.45, 2.75) is 38.1 Å². The molecule has 1 fully saturated rings. The monoisotopic (exact) mass is 223 g/mol. The Kier molecular flexibility index (Phi) is 2.66. The first-order valence-electron chi connectivity index (χ1n) is 5.62. The molecule has 0 aliphatic heterocycles. The minimum atomic E-state index is -0.221. The van der Waals surface area contributed by atoms with Crippen molar-refractivity contribution in [1.82, 2.24) is 0 Å². The number of hydrogen-bond donors (Lipinski definition) is 1. The summed E-state index contributed by atoms with van der Waals surface area (Å²) in [7, 11) is 1.59. The zero-order chi connectivity index (χ0) is 11.9. The van der Waals surface area contributed by atoms with Crippen LogP contribution in [0.1, 0.15) is 30.9 Å². The topological polar surface area (TPSA) is 35.2 Å². The Bertz CT molecular complexity index is 411. The third-order valence-electron chi connectivity index (χ3n) is 3.74. The highest BCUT2D eigenvalue weighted by atomic mass is 19.1. The van der Waals surface area contributed by atoms with Crippen molar-refractivity contribution in [2.75, 3.05) is 7.11 Å². The number of halogens is 1. The fourth-order valence-electron chi connectivity index (χ4n) is 2.43. The van der Waals surface area contributed by atoms with E-state index in [-0.39, 0.29) is 17.3 Å². The van der Waals surface area contributed by atoms with Crippen LogP contribution in [-0.4, -0.2) is 13.2 Å². The third-order valence-corrected chi connectivity index (χ3v) is 3.74. The quantitative estimate of drug-likeness (QED) is 0.854. The van der Waals surface area contributed by atoms with Gasteiger partial charge >= 0.3 is 0 Å². The fourth-order valence-corrected chi connectivity index (χ4v) is 2.43. The second kappa shape index (κ2) is 3.74. The maximum Gasteiger partial charge on any atom is 0.129 e. The van der Waals surface area contributed by atoms with Crippen LogP contribution in [0.2, 0.25) is 0 Å². The predicted molar refractivity (Wildman–Crippen MR) is 62.3 cm³/mol. The summed E-state index contributed by atoms with van der Waals surface area (Å²) in [5.74, 6) is 0.441. The predicted octanol–water partition coefficient (Wildman–Crippen LogP) is 2.52. The van der Waals surface area contributed by atoms with E-state index in [9.17, 15) is 4.39 Å². The maximum atomic E-state index is 13.4. The second-order valence-electron chi connectivity index (χ2n) is 4.70. The molecule has 1 unspecified atom stereocenters. The summed E-state index contributed by atoms with van der Waals surface area (Å²) < 4.78 is 18.8. The summed E-state index contributed by atoms with van der Waals surface area (Å²) in [4.78, 5) is 0. The number of nitrogens with two attached hydrogens (primary N) is 1. The molecule has 0 radical (unpaired) electrons. The van der Waals surface area contributed by atoms with E-state index in [1.54, 1.807) is 14.0 Å². The standard InChI is InChI=1S/C13H18FNO/c1-8-11(14)5-4-10(12(8)16-3)13(6-7-13)9(2)15/h4-5,9H,6-7,15H2,1-3H3. The molecule has 0 aromatic heterocycles. The van der Waals surface area contributed by atoms with Crippen LogP contribution >= 0.6 is 0 Å². The molecular weight excluding hydrogens is 205 g/mol. The molecule has 0 heterocycles. The molecule has 88 valence electrons. The van der Waals surface area contributed by atoms with Crippen molar-refractivity contribution in [3.63, 3.8) is 0 Å². The van der Waals surface area contributed by atoms with Crippen molar-refractivity contribution in [2.24, 2.45) is 5.73 Å². The molecule has 0 bridgehead atoms. The van der Waals surface area contributed by atoms with Gasteiger partial charge in [0.1, 0.15) is 11.6 Å². The lowest BCUT2D eigenvalue weighted by molar-refractivity contribution is 0.391. The minimum absolute atomic E-state index is 0.00377. The van der Waals surface area contributed by atoms with Gasteiger partial charge in [0.05, 0.1) is 7.11 Å². The molecule has 1 aliphatic rings. The van der Waals surface area contributed by atoms with E-state index in [4.69, 9.17) is 10.5 Å². The van der Waals surface area contributed by atoms with Crippen LogP contribution in [-0.2, 0) is 5.41 Å². The molecule has 0 saturated heterocycles. The van der Waals surface area contributed by atoms with Crippen LogP contribution in [0, 0.1) is 12.7 Å². The fraction of sp³-hybridized carbons (Fsp3) is 0.538. The van der Waals surface area contributed by atoms with Gasteiger partial charge in [-0.2, -0.15) is 0 Å². The van der Waals surface area contributed by atoms with Crippen LogP contribution in [0.4, 0.5) is 4.39 Å². The van der Waals surface area contributed by atoms with Gasteiger partial charge in [0.25, 0.3) is 0 Å². The Morgan fingerprint density at radius 2 is 2.06 bits per heavy atom. The average Bonchev–Trinajstić information content (AvgIpc) is 3.02. The van der Waals surface area contributed by atoms with E-state index in [0.717, 1.165) is 18.4 Å². The van der Waals surface area contributed by atoms with Gasteiger partial charge in [0.2, 0.25) is 0 Å². The van der Waals surface area contributed by atoms with E-state index in [2.05, 4.69) is 0 Å². The highest BCUT2D eigenvalue weighted by Crippen LogP contribution is 2.53. The summed E-state index contributed by atoms with van der Waals surface area (Å²) in [6.45, 7) is 3.75. The molecule has 1 aromatic carbocycles. The Hall–Kier alpha value is -1.09. The van der Waals surface area contributed by atoms with Crippen LogP contribution in [0.5, 0.6) is 5.75 Å². The van der Waals surface area contributed by atoms with Gasteiger partial charge in [0, 0.05) is 22.6 Å². The van der Waals surface area contributed by atoms with Gasteiger partial charge in [-0.3, -0.25) is 0 Å². The molecule has 16 heavy (non-hydrogen) atoms. The highest BCUT2D eigenvalue weighted by molar-refractivity contribution is 5.49. The zero-order valence-electron chi connectivity index (χ0n) is 10.0. The first-order chi connectivity index (χ1) is 7.53. The summed E-state index contributed by atoms with van der Waals surface area (Å²) in [6, 6.07) is 3.40. The van der Waals surface area contributed by atoms with Crippen molar-refractivity contribution >= 4 is 0 Å². The highest BCUT2D eigenvalue weighted by Gasteiger charge is 2.49. The van der Waals surface area contributed by atoms with Crippen molar-refractivity contribution in [1.29, 1.82) is 0 Å². The molecular formula is C13H18FNO. The zero-order valence-corrected chi connectivity index (χ0v) is 10.0. The molecule has 1 aliphatic carbocycles. The second-order valence-corrected chi connectivity index (χ2v) is 4.70. The lowest BCUT2D eigenvalue weighted by atomic mass is 9.87. The van der Waals surface area contributed by atoms with Gasteiger partial charge in [-0.15, -0.1) is 0 Å².